The van der Waals surface area contributed by atoms with E-state index in [4.69, 9.17) is 16.3 Å². The summed E-state index contributed by atoms with van der Waals surface area (Å²) >= 11 is 6.62. The summed E-state index contributed by atoms with van der Waals surface area (Å²) in [7, 11) is 0. The highest BCUT2D eigenvalue weighted by atomic mass is 35.5. The zero-order chi connectivity index (χ0) is 29.0. The summed E-state index contributed by atoms with van der Waals surface area (Å²) in [6, 6.07) is 4.58. The first kappa shape index (κ1) is 30.3. The Morgan fingerprint density at radius 3 is 2.60 bits per heavy atom. The number of rotatable bonds is 14. The highest BCUT2D eigenvalue weighted by molar-refractivity contribution is 6.34. The summed E-state index contributed by atoms with van der Waals surface area (Å²) in [5, 5.41) is 9.72. The summed E-state index contributed by atoms with van der Waals surface area (Å²) in [5.74, 6) is -1.95. The molecule has 0 aliphatic carbocycles. The number of fused-ring (bicyclic) bond motifs is 1. The van der Waals surface area contributed by atoms with Crippen LogP contribution in [0, 0.1) is 18.8 Å². The number of hydrogen-bond donors (Lipinski definition) is 1. The maximum Gasteiger partial charge on any atom is 0.253 e. The predicted molar refractivity (Wildman–Crippen MR) is 156 cm³/mol. The van der Waals surface area contributed by atoms with Crippen LogP contribution in [-0.4, -0.2) is 83.2 Å². The fraction of sp³-hybridized carbons (Fsp3) is 0.581. The standard InChI is InChI=1S/C31H42ClN3O5/c1-5-16-33(17-6-2)28(37)24-23-14-15-31(40-23)25(24)29(38)35(19-9-8-10-20-36)27(31)30(39)34(18-7-3)26-21(4)12-11-13-22(26)32/h5,7,11-13,23-25,27,36H,1,3,6,8-10,14-20H2,2,4H3/t23-,24+,25-,27?,31?/m0/s1. The molecule has 0 radical (unpaired) electrons. The third kappa shape index (κ3) is 5.21. The Labute approximate surface area is 242 Å². The number of carbonyl (C=O) groups excluding carboxylic acids is 3. The summed E-state index contributed by atoms with van der Waals surface area (Å²) in [6.07, 6.45) is 6.83. The molecule has 1 spiro atoms. The van der Waals surface area contributed by atoms with Crippen molar-refractivity contribution in [2.75, 3.05) is 37.7 Å². The number of aliphatic hydroxyl groups is 1. The molecule has 3 amide bonds. The number of aryl methyl sites for hydroxylation is 1. The van der Waals surface area contributed by atoms with Crippen LogP contribution in [0.15, 0.2) is 43.5 Å². The van der Waals surface area contributed by atoms with Crippen molar-refractivity contribution < 1.29 is 24.2 Å². The number of ether oxygens (including phenoxy) is 1. The van der Waals surface area contributed by atoms with E-state index in [1.165, 1.54) is 0 Å². The van der Waals surface area contributed by atoms with Crippen LogP contribution < -0.4 is 4.90 Å². The molecule has 40 heavy (non-hydrogen) atoms. The second kappa shape index (κ2) is 12.9. The summed E-state index contributed by atoms with van der Waals surface area (Å²) in [4.78, 5) is 47.8. The van der Waals surface area contributed by atoms with Gasteiger partial charge in [-0.3, -0.25) is 14.4 Å². The van der Waals surface area contributed by atoms with Crippen molar-refractivity contribution in [2.24, 2.45) is 11.8 Å². The molecular formula is C31H42ClN3O5. The summed E-state index contributed by atoms with van der Waals surface area (Å²) in [6.45, 7) is 13.2. The molecule has 0 aromatic heterocycles. The lowest BCUT2D eigenvalue weighted by atomic mass is 9.70. The van der Waals surface area contributed by atoms with Crippen molar-refractivity contribution in [1.29, 1.82) is 0 Å². The highest BCUT2D eigenvalue weighted by Gasteiger charge is 2.74. The number of unbranched alkanes of at least 4 members (excludes halogenated alkanes) is 2. The molecule has 4 rings (SSSR count). The molecule has 9 heteroatoms. The highest BCUT2D eigenvalue weighted by Crippen LogP contribution is 2.59. The van der Waals surface area contributed by atoms with Gasteiger partial charge in [0.25, 0.3) is 5.91 Å². The number of hydrogen-bond acceptors (Lipinski definition) is 5. The molecule has 1 aromatic carbocycles. The van der Waals surface area contributed by atoms with Gasteiger partial charge in [-0.25, -0.2) is 0 Å². The van der Waals surface area contributed by atoms with Crippen molar-refractivity contribution in [1.82, 2.24) is 9.80 Å². The van der Waals surface area contributed by atoms with Crippen molar-refractivity contribution in [2.45, 2.75) is 70.1 Å². The third-order valence-electron chi connectivity index (χ3n) is 8.57. The molecular weight excluding hydrogens is 530 g/mol. The Morgan fingerprint density at radius 2 is 1.95 bits per heavy atom. The van der Waals surface area contributed by atoms with Gasteiger partial charge in [-0.1, -0.05) is 42.8 Å². The van der Waals surface area contributed by atoms with Gasteiger partial charge in [0.1, 0.15) is 11.6 Å². The van der Waals surface area contributed by atoms with Crippen molar-refractivity contribution in [3.05, 3.63) is 54.1 Å². The van der Waals surface area contributed by atoms with Gasteiger partial charge in [0.05, 0.1) is 28.6 Å². The van der Waals surface area contributed by atoms with Crippen LogP contribution in [-0.2, 0) is 19.1 Å². The SMILES string of the molecule is C=CCN(CCC)C(=O)[C@@H]1[C@@H]2CCC3(O2)C(C(=O)N(CC=C)c2c(C)cccc2Cl)N(CCCCCO)C(=O)[C@H]13. The van der Waals surface area contributed by atoms with Crippen molar-refractivity contribution in [3.63, 3.8) is 0 Å². The van der Waals surface area contributed by atoms with Gasteiger partial charge >= 0.3 is 0 Å². The topological polar surface area (TPSA) is 90.4 Å². The van der Waals surface area contributed by atoms with E-state index in [1.807, 2.05) is 26.0 Å². The minimum atomic E-state index is -1.09. The van der Waals surface area contributed by atoms with Gasteiger partial charge in [0, 0.05) is 32.8 Å². The first-order valence-corrected chi connectivity index (χ1v) is 14.8. The molecule has 218 valence electrons. The van der Waals surface area contributed by atoms with Gasteiger partial charge in [0.15, 0.2) is 0 Å². The number of carbonyl (C=O) groups is 3. The number of aliphatic hydroxyl groups excluding tert-OH is 1. The molecule has 3 saturated heterocycles. The minimum absolute atomic E-state index is 0.0691. The van der Waals surface area contributed by atoms with E-state index in [-0.39, 0.29) is 30.9 Å². The van der Waals surface area contributed by atoms with Crippen LogP contribution in [0.3, 0.4) is 0 Å². The first-order valence-electron chi connectivity index (χ1n) is 14.4. The first-order chi connectivity index (χ1) is 19.3. The van der Waals surface area contributed by atoms with Crippen molar-refractivity contribution >= 4 is 35.0 Å². The lowest BCUT2D eigenvalue weighted by Crippen LogP contribution is -2.56. The molecule has 3 aliphatic heterocycles. The van der Waals surface area contributed by atoms with Gasteiger partial charge < -0.3 is 24.5 Å². The maximum atomic E-state index is 14.6. The maximum absolute atomic E-state index is 14.6. The lowest BCUT2D eigenvalue weighted by Gasteiger charge is -2.37. The van der Waals surface area contributed by atoms with Gasteiger partial charge in [-0.15, -0.1) is 13.2 Å². The molecule has 1 N–H and O–H groups in total. The molecule has 3 fully saturated rings. The molecule has 3 aliphatic rings. The Kier molecular flexibility index (Phi) is 9.75. The fourth-order valence-corrected chi connectivity index (χ4v) is 7.31. The summed E-state index contributed by atoms with van der Waals surface area (Å²) in [5.41, 5.74) is 0.332. The number of likely N-dealkylation sites (tertiary alicyclic amines) is 1. The molecule has 2 unspecified atom stereocenters. The fourth-order valence-electron chi connectivity index (χ4n) is 6.99. The second-order valence-corrected chi connectivity index (χ2v) is 11.5. The van der Waals surface area contributed by atoms with Crippen LogP contribution >= 0.6 is 11.6 Å². The monoisotopic (exact) mass is 571 g/mol. The van der Waals surface area contributed by atoms with Crippen LogP contribution in [0.2, 0.25) is 5.02 Å². The van der Waals surface area contributed by atoms with Gasteiger partial charge in [-0.05, 0) is 57.1 Å². The summed E-state index contributed by atoms with van der Waals surface area (Å²) < 4.78 is 6.63. The van der Waals surface area contributed by atoms with Crippen LogP contribution in [0.5, 0.6) is 0 Å². The van der Waals surface area contributed by atoms with E-state index in [2.05, 4.69) is 13.2 Å². The van der Waals surface area contributed by atoms with E-state index in [9.17, 15) is 19.5 Å². The largest absolute Gasteiger partial charge is 0.396 e. The number of anilines is 1. The number of benzene rings is 1. The van der Waals surface area contributed by atoms with E-state index < -0.39 is 29.6 Å². The van der Waals surface area contributed by atoms with Crippen LogP contribution in [0.4, 0.5) is 5.69 Å². The Morgan fingerprint density at radius 1 is 1.20 bits per heavy atom. The number of nitrogens with zero attached hydrogens (tertiary/aromatic N) is 3. The smallest absolute Gasteiger partial charge is 0.253 e. The average Bonchev–Trinajstić information content (AvgIpc) is 3.57. The van der Waals surface area contributed by atoms with E-state index in [0.717, 1.165) is 12.0 Å². The number of amides is 3. The second-order valence-electron chi connectivity index (χ2n) is 11.1. The van der Waals surface area contributed by atoms with Crippen LogP contribution in [0.25, 0.3) is 0 Å². The zero-order valence-corrected chi connectivity index (χ0v) is 24.4. The zero-order valence-electron chi connectivity index (χ0n) is 23.7. The third-order valence-corrected chi connectivity index (χ3v) is 8.87. The minimum Gasteiger partial charge on any atom is -0.396 e. The van der Waals surface area contributed by atoms with E-state index in [0.29, 0.717) is 62.4 Å². The average molecular weight is 572 g/mol. The van der Waals surface area contributed by atoms with Crippen molar-refractivity contribution in [3.8, 4) is 0 Å². The van der Waals surface area contributed by atoms with Gasteiger partial charge in [-0.2, -0.15) is 0 Å². The van der Waals surface area contributed by atoms with E-state index in [1.54, 1.807) is 32.9 Å². The van der Waals surface area contributed by atoms with Gasteiger partial charge in [0.2, 0.25) is 11.8 Å². The molecule has 8 nitrogen and oxygen atoms in total. The van der Waals surface area contributed by atoms with E-state index >= 15 is 0 Å². The Hall–Kier alpha value is -2.68. The normalized spacial score (nSPS) is 26.6. The predicted octanol–water partition coefficient (Wildman–Crippen LogP) is 4.13. The Balaban J connectivity index is 1.76. The molecule has 1 aromatic rings. The Bertz CT molecular complexity index is 1120. The quantitative estimate of drug-likeness (QED) is 0.268. The number of halogens is 1. The molecule has 0 saturated carbocycles. The van der Waals surface area contributed by atoms with Crippen LogP contribution in [0.1, 0.15) is 51.0 Å². The lowest BCUT2D eigenvalue weighted by molar-refractivity contribution is -0.145. The molecule has 3 heterocycles. The molecule has 5 atom stereocenters. The number of para-hydroxylation sites is 1. The molecule has 2 bridgehead atoms.